The molecule has 2 aromatic rings. The number of carbonyl (C=O) groups is 7. The van der Waals surface area contributed by atoms with E-state index in [1.165, 1.54) is 36.8 Å². The molecule has 278 valence electrons. The number of carbonyl (C=O) groups excluding carboxylic acids is 5. The molecule has 16 N–H and O–H groups in total. The molecule has 0 aliphatic rings. The molecule has 1 aromatic heterocycles. The maximum absolute atomic E-state index is 13.9. The van der Waals surface area contributed by atoms with Crippen LogP contribution in [0.3, 0.4) is 0 Å². The number of phenols is 1. The summed E-state index contributed by atoms with van der Waals surface area (Å²) in [4.78, 5) is 98.2. The fraction of sp³-hybridized carbons (Fsp3) is 0.433. The van der Waals surface area contributed by atoms with Gasteiger partial charge in [0.05, 0.1) is 18.8 Å². The van der Waals surface area contributed by atoms with Gasteiger partial charge in [-0.25, -0.2) is 9.78 Å². The van der Waals surface area contributed by atoms with E-state index in [9.17, 15) is 43.8 Å². The number of phenolic OH excluding ortho intramolecular Hbond substituents is 1. The monoisotopic (exact) mass is 717 g/mol. The van der Waals surface area contributed by atoms with Gasteiger partial charge in [0.2, 0.25) is 29.5 Å². The predicted octanol–water partition coefficient (Wildman–Crippen LogP) is -3.95. The van der Waals surface area contributed by atoms with Crippen molar-refractivity contribution < 1.29 is 48.9 Å². The third kappa shape index (κ3) is 15.2. The van der Waals surface area contributed by atoms with Gasteiger partial charge < -0.3 is 64.5 Å². The number of nitrogens with two attached hydrogens (primary N) is 4. The molecule has 0 saturated carbocycles. The zero-order valence-corrected chi connectivity index (χ0v) is 27.4. The molecule has 0 saturated heterocycles. The van der Waals surface area contributed by atoms with Crippen molar-refractivity contribution >= 4 is 47.4 Å². The minimum atomic E-state index is -1.61. The number of guanidine groups is 1. The first kappa shape index (κ1) is 40.9. The Hall–Kier alpha value is -6.25. The summed E-state index contributed by atoms with van der Waals surface area (Å²) in [6.07, 6.45) is 0.861. The van der Waals surface area contributed by atoms with Crippen LogP contribution >= 0.6 is 0 Å². The Labute approximate surface area is 291 Å². The fourth-order valence-electron chi connectivity index (χ4n) is 4.61. The lowest BCUT2D eigenvalue weighted by molar-refractivity contribution is -0.143. The van der Waals surface area contributed by atoms with Gasteiger partial charge in [0, 0.05) is 37.7 Å². The Kier molecular flexibility index (Phi) is 16.3. The van der Waals surface area contributed by atoms with Gasteiger partial charge in [0.25, 0.3) is 0 Å². The lowest BCUT2D eigenvalue weighted by Crippen LogP contribution is -2.59. The van der Waals surface area contributed by atoms with Crippen LogP contribution in [-0.2, 0) is 46.4 Å². The first-order valence-corrected chi connectivity index (χ1v) is 15.6. The fourth-order valence-corrected chi connectivity index (χ4v) is 4.61. The molecule has 21 nitrogen and oxygen atoms in total. The summed E-state index contributed by atoms with van der Waals surface area (Å²) in [7, 11) is 0. The van der Waals surface area contributed by atoms with Crippen molar-refractivity contribution in [1.29, 1.82) is 0 Å². The van der Waals surface area contributed by atoms with Gasteiger partial charge in [-0.1, -0.05) is 12.1 Å². The number of imidazole rings is 1. The maximum Gasteiger partial charge on any atom is 0.326 e. The summed E-state index contributed by atoms with van der Waals surface area (Å²) < 4.78 is 0. The number of benzene rings is 1. The number of nitrogens with one attached hydrogen (secondary N) is 5. The Balaban J connectivity index is 2.40. The molecule has 0 fully saturated rings. The van der Waals surface area contributed by atoms with Crippen molar-refractivity contribution in [2.45, 2.75) is 75.2 Å². The third-order valence-electron chi connectivity index (χ3n) is 7.22. The highest BCUT2D eigenvalue weighted by atomic mass is 16.4. The first-order valence-electron chi connectivity index (χ1n) is 15.6. The quantitative estimate of drug-likeness (QED) is 0.0314. The summed E-state index contributed by atoms with van der Waals surface area (Å²) in [6.45, 7) is 0.0704. The molecule has 5 atom stereocenters. The molecule has 21 heteroatoms. The number of aromatic nitrogens is 2. The largest absolute Gasteiger partial charge is 0.508 e. The molecule has 0 spiro atoms. The van der Waals surface area contributed by atoms with E-state index in [1.54, 1.807) is 0 Å². The zero-order chi connectivity index (χ0) is 38.1. The van der Waals surface area contributed by atoms with Crippen LogP contribution in [0.2, 0.25) is 0 Å². The van der Waals surface area contributed by atoms with Crippen molar-refractivity contribution in [1.82, 2.24) is 31.2 Å². The van der Waals surface area contributed by atoms with E-state index in [4.69, 9.17) is 28.0 Å². The maximum atomic E-state index is 13.9. The molecular weight excluding hydrogens is 674 g/mol. The number of H-pyrrole nitrogens is 1. The van der Waals surface area contributed by atoms with Gasteiger partial charge in [0.1, 0.15) is 29.9 Å². The van der Waals surface area contributed by atoms with Gasteiger partial charge in [-0.2, -0.15) is 0 Å². The number of amides is 5. The molecule has 5 amide bonds. The first-order chi connectivity index (χ1) is 24.0. The number of aromatic hydroxyl groups is 1. The predicted molar refractivity (Wildman–Crippen MR) is 178 cm³/mol. The van der Waals surface area contributed by atoms with E-state index in [2.05, 4.69) is 36.2 Å². The summed E-state index contributed by atoms with van der Waals surface area (Å²) >= 11 is 0. The molecule has 0 radical (unpaired) electrons. The molecule has 1 heterocycles. The number of hydrogen-bond acceptors (Lipinski definition) is 11. The van der Waals surface area contributed by atoms with E-state index in [1.807, 2.05) is 0 Å². The minimum Gasteiger partial charge on any atom is -0.508 e. The SMILES string of the molecule is NC(=O)C[C@H](N)C(=O)N[C@@H](CCCN=C(N)N)C(=O)N[C@@H](Cc1ccc(O)cc1)C(=O)N[C@@H](Cc1cnc[nH]1)C(=O)N[C@@H](CCC(=O)O)C(=O)O. The van der Waals surface area contributed by atoms with Gasteiger partial charge >= 0.3 is 11.9 Å². The Bertz CT molecular complexity index is 1550. The molecule has 51 heavy (non-hydrogen) atoms. The van der Waals surface area contributed by atoms with Crippen LogP contribution in [0, 0.1) is 0 Å². The van der Waals surface area contributed by atoms with Crippen LogP contribution in [0.15, 0.2) is 41.8 Å². The van der Waals surface area contributed by atoms with E-state index >= 15 is 0 Å². The number of carboxylic acids is 2. The number of aliphatic carboxylic acids is 2. The smallest absolute Gasteiger partial charge is 0.326 e. The number of aromatic amines is 1. The molecule has 1 aromatic carbocycles. The summed E-state index contributed by atoms with van der Waals surface area (Å²) in [5.74, 6) is -7.57. The minimum absolute atomic E-state index is 0.0526. The molecule has 0 aliphatic heterocycles. The van der Waals surface area contributed by atoms with Crippen molar-refractivity contribution in [3.8, 4) is 5.75 Å². The highest BCUT2D eigenvalue weighted by Crippen LogP contribution is 2.13. The number of rotatable bonds is 22. The van der Waals surface area contributed by atoms with Crippen LogP contribution in [0.1, 0.15) is 43.4 Å². The van der Waals surface area contributed by atoms with Crippen molar-refractivity contribution in [2.24, 2.45) is 27.9 Å². The van der Waals surface area contributed by atoms with E-state index in [0.29, 0.717) is 11.3 Å². The van der Waals surface area contributed by atoms with Crippen LogP contribution in [-0.4, -0.2) is 109 Å². The third-order valence-corrected chi connectivity index (χ3v) is 7.22. The molecule has 0 unspecified atom stereocenters. The van der Waals surface area contributed by atoms with Crippen molar-refractivity contribution in [3.05, 3.63) is 48.0 Å². The van der Waals surface area contributed by atoms with Crippen molar-refractivity contribution in [3.63, 3.8) is 0 Å². The molecule has 0 aliphatic carbocycles. The average Bonchev–Trinajstić information content (AvgIpc) is 3.57. The highest BCUT2D eigenvalue weighted by Gasteiger charge is 2.32. The Morgan fingerprint density at radius 2 is 1.35 bits per heavy atom. The van der Waals surface area contributed by atoms with Crippen LogP contribution in [0.4, 0.5) is 0 Å². The van der Waals surface area contributed by atoms with Crippen LogP contribution < -0.4 is 44.2 Å². The summed E-state index contributed by atoms with van der Waals surface area (Å²) in [5.41, 5.74) is 22.4. The second-order valence-electron chi connectivity index (χ2n) is 11.4. The van der Waals surface area contributed by atoms with E-state index in [-0.39, 0.29) is 43.9 Å². The van der Waals surface area contributed by atoms with Crippen molar-refractivity contribution in [2.75, 3.05) is 6.54 Å². The normalized spacial score (nSPS) is 13.7. The summed E-state index contributed by atoms with van der Waals surface area (Å²) in [6, 6.07) is -1.56. The van der Waals surface area contributed by atoms with Gasteiger partial charge in [-0.15, -0.1) is 0 Å². The number of primary amides is 1. The molecule has 0 bridgehead atoms. The Morgan fingerprint density at radius 1 is 0.784 bits per heavy atom. The number of hydrogen-bond donors (Lipinski definition) is 12. The van der Waals surface area contributed by atoms with E-state index in [0.717, 1.165) is 0 Å². The average molecular weight is 718 g/mol. The highest BCUT2D eigenvalue weighted by molar-refractivity contribution is 5.96. The molecular formula is C30H43N11O10. The molecule has 2 rings (SSSR count). The van der Waals surface area contributed by atoms with E-state index < -0.39 is 90.9 Å². The second-order valence-corrected chi connectivity index (χ2v) is 11.4. The van der Waals surface area contributed by atoms with Crippen LogP contribution in [0.25, 0.3) is 0 Å². The second kappa shape index (κ2) is 20.3. The van der Waals surface area contributed by atoms with Crippen LogP contribution in [0.5, 0.6) is 5.75 Å². The van der Waals surface area contributed by atoms with Gasteiger partial charge in [0.15, 0.2) is 5.96 Å². The number of nitrogens with zero attached hydrogens (tertiary/aromatic N) is 2. The Morgan fingerprint density at radius 3 is 1.88 bits per heavy atom. The number of aliphatic imine (C=N–C) groups is 1. The topological polar surface area (TPSA) is 373 Å². The number of carboxylic acid groups (broad SMARTS) is 2. The van der Waals surface area contributed by atoms with Gasteiger partial charge in [-0.05, 0) is 37.0 Å². The van der Waals surface area contributed by atoms with Gasteiger partial charge in [-0.3, -0.25) is 33.8 Å². The lowest BCUT2D eigenvalue weighted by atomic mass is 10.0. The summed E-state index contributed by atoms with van der Waals surface area (Å²) in [5, 5.41) is 38.0. The lowest BCUT2D eigenvalue weighted by Gasteiger charge is -2.26. The zero-order valence-electron chi connectivity index (χ0n) is 27.4. The standard InChI is InChI=1S/C30H43N11O10/c31-18(12-23(32)43)25(46)38-19(2-1-9-36-30(33)34)26(47)40-21(10-15-3-5-17(42)6-4-15)27(48)41-22(11-16-13-35-14-37-16)28(49)39-20(29(50)51)7-8-24(44)45/h3-6,13-14,18-22,42H,1-2,7-12,31H2,(H2,32,43)(H,35,37)(H,38,46)(H,39,49)(H,40,47)(H,41,48)(H,44,45)(H,50,51)(H4,33,34,36)/t18-,19-,20-,21-,22-/m0/s1.